The van der Waals surface area contributed by atoms with Crippen molar-refractivity contribution in [3.8, 4) is 11.3 Å². The summed E-state index contributed by atoms with van der Waals surface area (Å²) in [6.07, 6.45) is 0.557. The van der Waals surface area contributed by atoms with Gasteiger partial charge in [0.05, 0.1) is 5.69 Å². The van der Waals surface area contributed by atoms with E-state index in [0.717, 1.165) is 36.3 Å². The predicted octanol–water partition coefficient (Wildman–Crippen LogP) is 5.46. The number of fused-ring (bicyclic) bond motifs is 2. The second kappa shape index (κ2) is 7.90. The molecule has 0 bridgehead atoms. The molecule has 5 rings (SSSR count). The van der Waals surface area contributed by atoms with Gasteiger partial charge in [0.1, 0.15) is 0 Å². The molecule has 1 aliphatic heterocycles. The fraction of sp³-hybridized carbons (Fsp3) is 0.458. The number of carbonyl (C=O) groups is 1. The van der Waals surface area contributed by atoms with Crippen LogP contribution >= 0.6 is 0 Å². The fourth-order valence-corrected chi connectivity index (χ4v) is 5.35. The number of rotatable bonds is 2. The van der Waals surface area contributed by atoms with E-state index >= 15 is 0 Å². The Morgan fingerprint density at radius 3 is 2.56 bits per heavy atom. The maximum Gasteiger partial charge on any atom is 0.433 e. The molecule has 3 heterocycles. The van der Waals surface area contributed by atoms with Gasteiger partial charge < -0.3 is 4.90 Å². The molecule has 2 aliphatic rings. The Morgan fingerprint density at radius 1 is 1.06 bits per heavy atom. The summed E-state index contributed by atoms with van der Waals surface area (Å²) in [5.41, 5.74) is -0.129. The van der Waals surface area contributed by atoms with Crippen LogP contribution in [-0.4, -0.2) is 38.0 Å². The van der Waals surface area contributed by atoms with Crippen LogP contribution in [0.15, 0.2) is 42.5 Å². The number of hydrogen-bond donors (Lipinski definition) is 0. The first-order chi connectivity index (χ1) is 15.3. The molecule has 0 spiro atoms. The minimum absolute atomic E-state index is 0.0205. The number of amides is 1. The van der Waals surface area contributed by atoms with Gasteiger partial charge >= 0.3 is 6.18 Å². The molecule has 32 heavy (non-hydrogen) atoms. The lowest BCUT2D eigenvalue weighted by atomic mass is 9.72. The third-order valence-corrected chi connectivity index (χ3v) is 7.01. The maximum absolute atomic E-state index is 13.9. The Balaban J connectivity index is 1.56. The summed E-state index contributed by atoms with van der Waals surface area (Å²) >= 11 is 0. The molecule has 8 heteroatoms. The van der Waals surface area contributed by atoms with Gasteiger partial charge in [-0.25, -0.2) is 9.50 Å². The first-order valence-corrected chi connectivity index (χ1v) is 11.2. The van der Waals surface area contributed by atoms with Crippen LogP contribution in [0.25, 0.3) is 16.9 Å². The Hall–Kier alpha value is -2.90. The molecule has 3 atom stereocenters. The van der Waals surface area contributed by atoms with E-state index in [2.05, 4.69) is 17.0 Å². The summed E-state index contributed by atoms with van der Waals surface area (Å²) in [4.78, 5) is 19.6. The Kier molecular flexibility index (Phi) is 5.18. The molecule has 0 N–H and O–H groups in total. The maximum atomic E-state index is 13.9. The van der Waals surface area contributed by atoms with Gasteiger partial charge in [-0.1, -0.05) is 50.1 Å². The lowest BCUT2D eigenvalue weighted by Crippen LogP contribution is -2.52. The van der Waals surface area contributed by atoms with Gasteiger partial charge in [-0.2, -0.15) is 18.3 Å². The molecular weight excluding hydrogens is 417 g/mol. The molecular formula is C24H25F3N4O. The first kappa shape index (κ1) is 21.0. The largest absolute Gasteiger partial charge is 0.433 e. The standard InChI is InChI=1S/C24H25F3N4O/c1-15-11-12-30(20-10-6-5-9-17(15)20)23(32)19-14-22-28-18(16-7-3-2-4-8-16)13-21(24(25,26)27)31(22)29-19/h2-4,7-8,13-15,17,20H,5-6,9-12H2,1H3. The zero-order valence-corrected chi connectivity index (χ0v) is 17.8. The van der Waals surface area contributed by atoms with Crippen molar-refractivity contribution in [1.82, 2.24) is 19.5 Å². The summed E-state index contributed by atoms with van der Waals surface area (Å²) < 4.78 is 42.3. The van der Waals surface area contributed by atoms with Gasteiger partial charge in [-0.15, -0.1) is 0 Å². The fourth-order valence-electron chi connectivity index (χ4n) is 5.35. The number of halogens is 3. The van der Waals surface area contributed by atoms with E-state index in [1.165, 1.54) is 12.5 Å². The topological polar surface area (TPSA) is 50.5 Å². The number of alkyl halides is 3. The van der Waals surface area contributed by atoms with Gasteiger partial charge in [0.25, 0.3) is 5.91 Å². The molecule has 1 amide bonds. The summed E-state index contributed by atoms with van der Waals surface area (Å²) in [5, 5.41) is 4.09. The van der Waals surface area contributed by atoms with E-state index in [9.17, 15) is 18.0 Å². The van der Waals surface area contributed by atoms with Gasteiger partial charge in [-0.05, 0) is 37.2 Å². The van der Waals surface area contributed by atoms with Gasteiger partial charge in [0.15, 0.2) is 17.0 Å². The number of nitrogens with zero attached hydrogens (tertiary/aromatic N) is 4. The lowest BCUT2D eigenvalue weighted by molar-refractivity contribution is -0.142. The number of hydrogen-bond acceptors (Lipinski definition) is 3. The monoisotopic (exact) mass is 442 g/mol. The Bertz CT molecular complexity index is 1140. The molecule has 1 aliphatic carbocycles. The molecule has 168 valence electrons. The summed E-state index contributed by atoms with van der Waals surface area (Å²) in [6, 6.07) is 11.2. The Labute approximate surface area is 184 Å². The molecule has 5 nitrogen and oxygen atoms in total. The van der Waals surface area contributed by atoms with Crippen LogP contribution in [0.2, 0.25) is 0 Å². The average molecular weight is 442 g/mol. The SMILES string of the molecule is CC1CCN(C(=O)c2cc3nc(-c4ccccc4)cc(C(F)(F)F)n3n2)C2CCCCC12. The summed E-state index contributed by atoms with van der Waals surface area (Å²) in [5.74, 6) is 0.707. The van der Waals surface area contributed by atoms with Crippen molar-refractivity contribution in [2.24, 2.45) is 11.8 Å². The minimum Gasteiger partial charge on any atom is -0.334 e. The van der Waals surface area contributed by atoms with Crippen LogP contribution in [0.5, 0.6) is 0 Å². The highest BCUT2D eigenvalue weighted by atomic mass is 19.4. The van der Waals surface area contributed by atoms with E-state index < -0.39 is 11.9 Å². The highest BCUT2D eigenvalue weighted by molar-refractivity contribution is 5.93. The van der Waals surface area contributed by atoms with Gasteiger partial charge in [-0.3, -0.25) is 4.79 Å². The lowest BCUT2D eigenvalue weighted by Gasteiger charge is -2.47. The predicted molar refractivity (Wildman–Crippen MR) is 114 cm³/mol. The highest BCUT2D eigenvalue weighted by Gasteiger charge is 2.41. The van der Waals surface area contributed by atoms with Crippen LogP contribution in [0, 0.1) is 11.8 Å². The molecule has 3 aromatic rings. The summed E-state index contributed by atoms with van der Waals surface area (Å²) in [6.45, 7) is 2.85. The quantitative estimate of drug-likeness (QED) is 0.530. The second-order valence-corrected chi connectivity index (χ2v) is 8.97. The van der Waals surface area contributed by atoms with Crippen molar-refractivity contribution in [2.75, 3.05) is 6.54 Å². The van der Waals surface area contributed by atoms with E-state index in [-0.39, 0.29) is 29.0 Å². The van der Waals surface area contributed by atoms with Crippen LogP contribution in [0.3, 0.4) is 0 Å². The van der Waals surface area contributed by atoms with Crippen LogP contribution in [-0.2, 0) is 6.18 Å². The summed E-state index contributed by atoms with van der Waals surface area (Å²) in [7, 11) is 0. The zero-order chi connectivity index (χ0) is 22.5. The van der Waals surface area contributed by atoms with E-state index in [1.54, 1.807) is 30.3 Å². The zero-order valence-electron chi connectivity index (χ0n) is 17.8. The molecule has 2 fully saturated rings. The number of benzene rings is 1. The van der Waals surface area contributed by atoms with E-state index in [4.69, 9.17) is 0 Å². The molecule has 1 saturated carbocycles. The average Bonchev–Trinajstić information content (AvgIpc) is 3.22. The second-order valence-electron chi connectivity index (χ2n) is 8.97. The molecule has 0 radical (unpaired) electrons. The number of aromatic nitrogens is 3. The third kappa shape index (κ3) is 3.65. The molecule has 1 aromatic carbocycles. The van der Waals surface area contributed by atoms with Crippen molar-refractivity contribution < 1.29 is 18.0 Å². The van der Waals surface area contributed by atoms with E-state index in [0.29, 0.717) is 23.9 Å². The number of carbonyl (C=O) groups excluding carboxylic acids is 1. The third-order valence-electron chi connectivity index (χ3n) is 7.01. The Morgan fingerprint density at radius 2 is 1.81 bits per heavy atom. The van der Waals surface area contributed by atoms with Crippen molar-refractivity contribution in [3.05, 3.63) is 53.9 Å². The van der Waals surface area contributed by atoms with Crippen molar-refractivity contribution in [1.29, 1.82) is 0 Å². The highest BCUT2D eigenvalue weighted by Crippen LogP contribution is 2.39. The van der Waals surface area contributed by atoms with Crippen LogP contribution < -0.4 is 0 Å². The molecule has 3 unspecified atom stereocenters. The first-order valence-electron chi connectivity index (χ1n) is 11.2. The molecule has 1 saturated heterocycles. The van der Waals surface area contributed by atoms with Crippen molar-refractivity contribution in [2.45, 2.75) is 51.2 Å². The van der Waals surface area contributed by atoms with Gasteiger partial charge in [0.2, 0.25) is 0 Å². The van der Waals surface area contributed by atoms with Crippen LogP contribution in [0.1, 0.15) is 55.2 Å². The van der Waals surface area contributed by atoms with Crippen molar-refractivity contribution >= 4 is 11.6 Å². The molecule has 2 aromatic heterocycles. The van der Waals surface area contributed by atoms with Crippen LogP contribution in [0.4, 0.5) is 13.2 Å². The van der Waals surface area contributed by atoms with Gasteiger partial charge in [0, 0.05) is 24.2 Å². The smallest absolute Gasteiger partial charge is 0.334 e. The normalized spacial score (nSPS) is 23.9. The van der Waals surface area contributed by atoms with Crippen molar-refractivity contribution in [3.63, 3.8) is 0 Å². The number of likely N-dealkylation sites (tertiary alicyclic amines) is 1. The number of piperidine rings is 1. The minimum atomic E-state index is -4.63. The van der Waals surface area contributed by atoms with E-state index in [1.807, 2.05) is 4.90 Å².